The number of carbonyl (C=O) groups excluding carboxylic acids is 2. The largest absolute Gasteiger partial charge is 0.493 e. The molecule has 3 rings (SSSR count). The van der Waals surface area contributed by atoms with Gasteiger partial charge in [-0.1, -0.05) is 0 Å². The molecule has 25 heavy (non-hydrogen) atoms. The molecular weight excluding hydrogens is 326 g/mol. The maximum absolute atomic E-state index is 13.0. The van der Waals surface area contributed by atoms with Gasteiger partial charge in [0.05, 0.1) is 45.6 Å². The Balaban J connectivity index is 1.95. The van der Waals surface area contributed by atoms with Gasteiger partial charge in [-0.2, -0.15) is 0 Å². The van der Waals surface area contributed by atoms with Crippen LogP contribution in [0.3, 0.4) is 0 Å². The Bertz CT molecular complexity index is 801. The number of amides is 1. The van der Waals surface area contributed by atoms with Crippen LogP contribution in [0.2, 0.25) is 0 Å². The molecule has 2 aromatic rings. The summed E-state index contributed by atoms with van der Waals surface area (Å²) in [6, 6.07) is 4.17. The van der Waals surface area contributed by atoms with Crippen LogP contribution in [0.1, 0.15) is 21.7 Å². The highest BCUT2D eigenvalue weighted by Crippen LogP contribution is 2.30. The lowest BCUT2D eigenvalue weighted by Gasteiger charge is -2.33. The fourth-order valence-electron chi connectivity index (χ4n) is 2.93. The van der Waals surface area contributed by atoms with Crippen LogP contribution in [0.5, 0.6) is 11.5 Å². The van der Waals surface area contributed by atoms with Gasteiger partial charge in [-0.05, 0) is 18.2 Å². The van der Waals surface area contributed by atoms with Gasteiger partial charge in [0.2, 0.25) is 0 Å². The van der Waals surface area contributed by atoms with Gasteiger partial charge in [0.25, 0.3) is 5.91 Å². The first-order valence-electron chi connectivity index (χ1n) is 7.71. The molecule has 1 aromatic carbocycles. The van der Waals surface area contributed by atoms with E-state index in [0.29, 0.717) is 23.5 Å². The number of rotatable bonds is 4. The summed E-state index contributed by atoms with van der Waals surface area (Å²) >= 11 is 0. The Labute approximate surface area is 144 Å². The summed E-state index contributed by atoms with van der Waals surface area (Å²) in [5, 5.41) is 0. The van der Waals surface area contributed by atoms with E-state index in [1.807, 2.05) is 0 Å². The highest BCUT2D eigenvalue weighted by molar-refractivity contribution is 5.97. The molecule has 8 heteroatoms. The number of benzene rings is 1. The van der Waals surface area contributed by atoms with Gasteiger partial charge < -0.3 is 24.1 Å². The molecule has 1 aliphatic heterocycles. The highest BCUT2D eigenvalue weighted by atomic mass is 16.5. The average Bonchev–Trinajstić information content (AvgIpc) is 3.12. The van der Waals surface area contributed by atoms with E-state index >= 15 is 0 Å². The average molecular weight is 345 g/mol. The third-order valence-electron chi connectivity index (χ3n) is 4.26. The molecule has 2 heterocycles. The van der Waals surface area contributed by atoms with Gasteiger partial charge in [0.15, 0.2) is 11.5 Å². The minimum absolute atomic E-state index is 0.252. The van der Waals surface area contributed by atoms with Crippen molar-refractivity contribution in [3.8, 4) is 11.5 Å². The molecule has 0 saturated carbocycles. The number of esters is 1. The van der Waals surface area contributed by atoms with Crippen LogP contribution in [0.4, 0.5) is 0 Å². The molecule has 1 aliphatic rings. The van der Waals surface area contributed by atoms with Gasteiger partial charge in [-0.25, -0.2) is 9.78 Å². The molecule has 132 valence electrons. The number of aromatic amines is 1. The summed E-state index contributed by atoms with van der Waals surface area (Å²) in [5.41, 5.74) is 1.98. The normalized spacial score (nSPS) is 16.1. The second-order valence-electron chi connectivity index (χ2n) is 5.57. The van der Waals surface area contributed by atoms with Gasteiger partial charge in [0, 0.05) is 12.0 Å². The Morgan fingerprint density at radius 1 is 1.20 bits per heavy atom. The van der Waals surface area contributed by atoms with E-state index in [-0.39, 0.29) is 12.5 Å². The van der Waals surface area contributed by atoms with Gasteiger partial charge in [-0.3, -0.25) is 4.79 Å². The molecule has 0 bridgehead atoms. The SMILES string of the molecule is COC(=O)C1Cc2nc[nH]c2CN1C(=O)c1ccc(OC)c(OC)c1. The third-order valence-corrected chi connectivity index (χ3v) is 4.26. The van der Waals surface area contributed by atoms with Crippen molar-refractivity contribution in [2.75, 3.05) is 21.3 Å². The molecule has 0 fully saturated rings. The fourth-order valence-corrected chi connectivity index (χ4v) is 2.93. The van der Waals surface area contributed by atoms with E-state index in [9.17, 15) is 9.59 Å². The van der Waals surface area contributed by atoms with E-state index in [0.717, 1.165) is 11.4 Å². The van der Waals surface area contributed by atoms with Crippen molar-refractivity contribution < 1.29 is 23.8 Å². The number of methoxy groups -OCH3 is 3. The fraction of sp³-hybridized carbons (Fsp3) is 0.353. The van der Waals surface area contributed by atoms with Crippen molar-refractivity contribution in [2.24, 2.45) is 0 Å². The van der Waals surface area contributed by atoms with Gasteiger partial charge in [-0.15, -0.1) is 0 Å². The van der Waals surface area contributed by atoms with Crippen molar-refractivity contribution in [3.05, 3.63) is 41.5 Å². The summed E-state index contributed by atoms with van der Waals surface area (Å²) in [7, 11) is 4.33. The molecule has 0 spiro atoms. The van der Waals surface area contributed by atoms with E-state index in [1.165, 1.54) is 26.2 Å². The molecule has 0 aliphatic carbocycles. The van der Waals surface area contributed by atoms with Crippen molar-refractivity contribution in [2.45, 2.75) is 19.0 Å². The predicted octanol–water partition coefficient (Wildman–Crippen LogP) is 1.17. The number of nitrogens with zero attached hydrogens (tertiary/aromatic N) is 2. The minimum atomic E-state index is -0.721. The highest BCUT2D eigenvalue weighted by Gasteiger charge is 2.37. The molecule has 1 N–H and O–H groups in total. The van der Waals surface area contributed by atoms with Crippen LogP contribution in [0.15, 0.2) is 24.5 Å². The first-order chi connectivity index (χ1) is 12.1. The summed E-state index contributed by atoms with van der Waals surface area (Å²) < 4.78 is 15.3. The molecule has 1 atom stereocenters. The number of H-pyrrole nitrogens is 1. The zero-order valence-corrected chi connectivity index (χ0v) is 14.2. The number of aromatic nitrogens is 2. The lowest BCUT2D eigenvalue weighted by Crippen LogP contribution is -2.49. The summed E-state index contributed by atoms with van der Waals surface area (Å²) in [6.45, 7) is 0.252. The molecule has 0 saturated heterocycles. The predicted molar refractivity (Wildman–Crippen MR) is 87.5 cm³/mol. The monoisotopic (exact) mass is 345 g/mol. The molecular formula is C17H19N3O5. The van der Waals surface area contributed by atoms with Crippen molar-refractivity contribution in [1.82, 2.24) is 14.9 Å². The second kappa shape index (κ2) is 6.84. The molecule has 1 unspecified atom stereocenters. The maximum atomic E-state index is 13.0. The Morgan fingerprint density at radius 3 is 2.64 bits per heavy atom. The van der Waals surface area contributed by atoms with Crippen LogP contribution in [-0.2, 0) is 22.5 Å². The summed E-state index contributed by atoms with van der Waals surface area (Å²) in [5.74, 6) is 0.208. The van der Waals surface area contributed by atoms with Crippen LogP contribution < -0.4 is 9.47 Å². The van der Waals surface area contributed by atoms with E-state index < -0.39 is 12.0 Å². The topological polar surface area (TPSA) is 93.8 Å². The van der Waals surface area contributed by atoms with Gasteiger partial charge >= 0.3 is 5.97 Å². The van der Waals surface area contributed by atoms with Crippen molar-refractivity contribution >= 4 is 11.9 Å². The van der Waals surface area contributed by atoms with Crippen LogP contribution in [-0.4, -0.2) is 54.1 Å². The maximum Gasteiger partial charge on any atom is 0.329 e. The standard InChI is InChI=1S/C17H19N3O5/c1-23-14-5-4-10(6-15(14)24-2)16(21)20-8-12-11(18-9-19-12)7-13(20)17(22)25-3/h4-6,9,13H,7-8H2,1-3H3,(H,18,19). The van der Waals surface area contributed by atoms with Gasteiger partial charge in [0.1, 0.15) is 6.04 Å². The van der Waals surface area contributed by atoms with E-state index in [4.69, 9.17) is 14.2 Å². The minimum Gasteiger partial charge on any atom is -0.493 e. The first-order valence-corrected chi connectivity index (χ1v) is 7.71. The smallest absolute Gasteiger partial charge is 0.329 e. The van der Waals surface area contributed by atoms with Crippen LogP contribution in [0.25, 0.3) is 0 Å². The Kier molecular flexibility index (Phi) is 4.60. The Hall–Kier alpha value is -3.03. The Morgan fingerprint density at radius 2 is 1.96 bits per heavy atom. The molecule has 8 nitrogen and oxygen atoms in total. The van der Waals surface area contributed by atoms with Crippen molar-refractivity contribution in [1.29, 1.82) is 0 Å². The first kappa shape index (κ1) is 16.8. The third kappa shape index (κ3) is 3.02. The number of nitrogens with one attached hydrogen (secondary N) is 1. The molecule has 0 radical (unpaired) electrons. The molecule has 1 aromatic heterocycles. The second-order valence-corrected chi connectivity index (χ2v) is 5.57. The number of carbonyl (C=O) groups is 2. The van der Waals surface area contributed by atoms with Crippen molar-refractivity contribution in [3.63, 3.8) is 0 Å². The quantitative estimate of drug-likeness (QED) is 0.836. The van der Waals surface area contributed by atoms with E-state index in [1.54, 1.807) is 24.5 Å². The number of hydrogen-bond acceptors (Lipinski definition) is 6. The van der Waals surface area contributed by atoms with E-state index in [2.05, 4.69) is 9.97 Å². The van der Waals surface area contributed by atoms with Crippen LogP contribution in [0, 0.1) is 0 Å². The number of imidazole rings is 1. The zero-order valence-electron chi connectivity index (χ0n) is 14.2. The molecule has 1 amide bonds. The van der Waals surface area contributed by atoms with Crippen LogP contribution >= 0.6 is 0 Å². The summed E-state index contributed by atoms with van der Waals surface area (Å²) in [4.78, 5) is 33.9. The number of hydrogen-bond donors (Lipinski definition) is 1. The lowest BCUT2D eigenvalue weighted by molar-refractivity contribution is -0.146. The summed E-state index contributed by atoms with van der Waals surface area (Å²) in [6.07, 6.45) is 1.87. The number of fused-ring (bicyclic) bond motifs is 1. The lowest BCUT2D eigenvalue weighted by atomic mass is 10.0. The number of ether oxygens (including phenoxy) is 3. The zero-order chi connectivity index (χ0) is 18.0.